The van der Waals surface area contributed by atoms with Gasteiger partial charge >= 0.3 is 5.97 Å². The molecule has 1 aliphatic heterocycles. The average molecular weight is 463 g/mol. The molecule has 0 saturated carbocycles. The Bertz CT molecular complexity index is 1290. The number of H-pyrrole nitrogens is 1. The molecule has 2 aromatic heterocycles. The lowest BCUT2D eigenvalue weighted by Crippen LogP contribution is -2.17. The molecule has 4 N–H and O–H groups in total. The summed E-state index contributed by atoms with van der Waals surface area (Å²) < 4.78 is 11.0. The number of ketones is 1. The van der Waals surface area contributed by atoms with Crippen LogP contribution in [0, 0.1) is 6.92 Å². The maximum Gasteiger partial charge on any atom is 0.347 e. The minimum absolute atomic E-state index is 0.00711. The van der Waals surface area contributed by atoms with Crippen molar-refractivity contribution in [3.05, 3.63) is 76.6 Å². The van der Waals surface area contributed by atoms with Gasteiger partial charge in [-0.05, 0) is 49.4 Å². The zero-order chi connectivity index (χ0) is 24.1. The predicted molar refractivity (Wildman–Crippen MR) is 127 cm³/mol. The molecule has 0 atom stereocenters. The number of esters is 1. The number of allylic oxidation sites excluding steroid dienone is 1. The third-order valence-corrected chi connectivity index (χ3v) is 5.32. The Kier molecular flexibility index (Phi) is 7.05. The highest BCUT2D eigenvalue weighted by Crippen LogP contribution is 2.31. The first-order valence-electron chi connectivity index (χ1n) is 10.9. The number of anilines is 1. The number of rotatable bonds is 9. The van der Waals surface area contributed by atoms with Gasteiger partial charge in [0, 0.05) is 48.6 Å². The van der Waals surface area contributed by atoms with Crippen molar-refractivity contribution in [2.45, 2.75) is 19.9 Å². The molecule has 0 amide bonds. The van der Waals surface area contributed by atoms with Gasteiger partial charge < -0.3 is 30.2 Å². The molecule has 4 rings (SSSR count). The Morgan fingerprint density at radius 2 is 2.18 bits per heavy atom. The number of carbonyl (C=O) groups is 2. The molecular formula is C25H26N4O5. The summed E-state index contributed by atoms with van der Waals surface area (Å²) in [7, 11) is 1.87. The van der Waals surface area contributed by atoms with E-state index >= 15 is 0 Å². The van der Waals surface area contributed by atoms with Crippen LogP contribution >= 0.6 is 0 Å². The molecule has 3 aromatic rings. The highest BCUT2D eigenvalue weighted by molar-refractivity contribution is 6.26. The lowest BCUT2D eigenvalue weighted by Gasteiger charge is -2.12. The Balaban J connectivity index is 1.66. The minimum atomic E-state index is -0.811. The molecule has 34 heavy (non-hydrogen) atoms. The molecule has 1 aliphatic rings. The number of aliphatic hydroxyl groups excluding tert-OH is 1. The van der Waals surface area contributed by atoms with E-state index in [9.17, 15) is 9.59 Å². The van der Waals surface area contributed by atoms with Crippen LogP contribution in [-0.2, 0) is 25.6 Å². The second kappa shape index (κ2) is 10.3. The van der Waals surface area contributed by atoms with E-state index in [4.69, 9.17) is 14.6 Å². The predicted octanol–water partition coefficient (Wildman–Crippen LogP) is 2.78. The average Bonchev–Trinajstić information content (AvgIpc) is 3.37. The van der Waals surface area contributed by atoms with Crippen LogP contribution in [-0.4, -0.2) is 47.1 Å². The zero-order valence-electron chi connectivity index (χ0n) is 19.0. The number of benzene rings is 1. The molecule has 176 valence electrons. The maximum atomic E-state index is 13.2. The first kappa shape index (κ1) is 23.2. The number of aliphatic hydroxyl groups is 1. The largest absolute Gasteiger partial charge is 0.462 e. The fourth-order valence-electron chi connectivity index (χ4n) is 3.64. The van der Waals surface area contributed by atoms with Crippen molar-refractivity contribution in [2.24, 2.45) is 0 Å². The number of aryl methyl sites for hydroxylation is 1. The summed E-state index contributed by atoms with van der Waals surface area (Å²) in [6.45, 7) is 2.51. The first-order chi connectivity index (χ1) is 16.5. The molecule has 0 radical (unpaired) electrons. The van der Waals surface area contributed by atoms with E-state index in [1.807, 2.05) is 38.2 Å². The quantitative estimate of drug-likeness (QED) is 0.166. The van der Waals surface area contributed by atoms with E-state index in [-0.39, 0.29) is 36.8 Å². The molecular weight excluding hydrogens is 436 g/mol. The summed E-state index contributed by atoms with van der Waals surface area (Å²) in [6, 6.07) is 9.48. The van der Waals surface area contributed by atoms with Crippen molar-refractivity contribution in [2.75, 3.05) is 25.6 Å². The van der Waals surface area contributed by atoms with Gasteiger partial charge in [0.2, 0.25) is 11.7 Å². The van der Waals surface area contributed by atoms with Crippen LogP contribution in [0.1, 0.15) is 23.1 Å². The Morgan fingerprint density at radius 1 is 1.32 bits per heavy atom. The van der Waals surface area contributed by atoms with Gasteiger partial charge in [-0.25, -0.2) is 9.78 Å². The van der Waals surface area contributed by atoms with Crippen LogP contribution in [0.2, 0.25) is 0 Å². The van der Waals surface area contributed by atoms with Gasteiger partial charge in [0.05, 0.1) is 6.61 Å². The standard InChI is InChI=1S/C25H26N4O5/c1-15-11-16(13-26-2)6-7-19(15)29-24-21(25(32)33-10-4-9-30)22(31)20(34-24)12-17-14-28-23-18(17)5-3-8-27-23/h3,5-8,11-12,14,26,29-30H,4,9-10,13H2,1-2H3,(H,27,28)/b20-12-. The van der Waals surface area contributed by atoms with Crippen molar-refractivity contribution in [3.8, 4) is 0 Å². The third kappa shape index (κ3) is 4.85. The third-order valence-electron chi connectivity index (χ3n) is 5.32. The fraction of sp³-hybridized carbons (Fsp3) is 0.240. The fourth-order valence-corrected chi connectivity index (χ4v) is 3.64. The Morgan fingerprint density at radius 3 is 2.94 bits per heavy atom. The van der Waals surface area contributed by atoms with Crippen molar-refractivity contribution in [3.63, 3.8) is 0 Å². The molecule has 0 fully saturated rings. The summed E-state index contributed by atoms with van der Waals surface area (Å²) >= 11 is 0. The van der Waals surface area contributed by atoms with E-state index in [0.29, 0.717) is 23.4 Å². The molecule has 0 saturated heterocycles. The topological polar surface area (TPSA) is 126 Å². The van der Waals surface area contributed by atoms with Crippen LogP contribution in [0.5, 0.6) is 0 Å². The Hall–Kier alpha value is -3.95. The summed E-state index contributed by atoms with van der Waals surface area (Å²) in [4.78, 5) is 33.2. The number of pyridine rings is 1. The number of fused-ring (bicyclic) bond motifs is 1. The normalized spacial score (nSPS) is 14.7. The van der Waals surface area contributed by atoms with Crippen LogP contribution in [0.3, 0.4) is 0 Å². The summed E-state index contributed by atoms with van der Waals surface area (Å²) in [5, 5.41) is 16.0. The number of aromatic nitrogens is 2. The van der Waals surface area contributed by atoms with Crippen LogP contribution in [0.25, 0.3) is 17.1 Å². The van der Waals surface area contributed by atoms with Gasteiger partial charge in [-0.3, -0.25) is 4.79 Å². The van der Waals surface area contributed by atoms with Crippen LogP contribution in [0.15, 0.2) is 59.9 Å². The molecule has 0 spiro atoms. The molecule has 3 heterocycles. The van der Waals surface area contributed by atoms with Crippen molar-refractivity contribution < 1.29 is 24.2 Å². The lowest BCUT2D eigenvalue weighted by molar-refractivity contribution is -0.140. The van der Waals surface area contributed by atoms with Gasteiger partial charge in [0.1, 0.15) is 5.65 Å². The molecule has 0 unspecified atom stereocenters. The first-order valence-corrected chi connectivity index (χ1v) is 10.9. The number of carbonyl (C=O) groups excluding carboxylic acids is 2. The number of hydrogen-bond acceptors (Lipinski definition) is 8. The number of ether oxygens (including phenoxy) is 2. The number of aromatic amines is 1. The maximum absolute atomic E-state index is 13.2. The summed E-state index contributed by atoms with van der Waals surface area (Å²) in [5.41, 5.74) is 3.87. The smallest absolute Gasteiger partial charge is 0.347 e. The van der Waals surface area contributed by atoms with Gasteiger partial charge in [-0.15, -0.1) is 0 Å². The van der Waals surface area contributed by atoms with E-state index in [1.54, 1.807) is 24.5 Å². The van der Waals surface area contributed by atoms with Crippen LogP contribution in [0.4, 0.5) is 5.69 Å². The molecule has 1 aromatic carbocycles. The highest BCUT2D eigenvalue weighted by atomic mass is 16.5. The highest BCUT2D eigenvalue weighted by Gasteiger charge is 2.37. The van der Waals surface area contributed by atoms with E-state index in [0.717, 1.165) is 16.5 Å². The second-order valence-electron chi connectivity index (χ2n) is 7.81. The number of nitrogens with zero attached hydrogens (tertiary/aromatic N) is 1. The van der Waals surface area contributed by atoms with Gasteiger partial charge in [-0.2, -0.15) is 0 Å². The van der Waals surface area contributed by atoms with Crippen molar-refractivity contribution >= 4 is 34.5 Å². The van der Waals surface area contributed by atoms with Crippen LogP contribution < -0.4 is 10.6 Å². The number of hydrogen-bond donors (Lipinski definition) is 4. The van der Waals surface area contributed by atoms with Crippen molar-refractivity contribution in [1.82, 2.24) is 15.3 Å². The van der Waals surface area contributed by atoms with Gasteiger partial charge in [0.25, 0.3) is 0 Å². The van der Waals surface area contributed by atoms with Gasteiger partial charge in [0.15, 0.2) is 11.3 Å². The van der Waals surface area contributed by atoms with E-state index < -0.39 is 11.8 Å². The molecule has 0 bridgehead atoms. The van der Waals surface area contributed by atoms with E-state index in [2.05, 4.69) is 20.6 Å². The molecule has 9 nitrogen and oxygen atoms in total. The molecule has 9 heteroatoms. The number of Topliss-reactive ketones (excluding diaryl/α,β-unsaturated/α-hetero) is 1. The second-order valence-corrected chi connectivity index (χ2v) is 7.81. The minimum Gasteiger partial charge on any atom is -0.462 e. The monoisotopic (exact) mass is 462 g/mol. The van der Waals surface area contributed by atoms with Gasteiger partial charge in [-0.1, -0.05) is 12.1 Å². The summed E-state index contributed by atoms with van der Waals surface area (Å²) in [6.07, 6.45) is 5.23. The summed E-state index contributed by atoms with van der Waals surface area (Å²) in [5.74, 6) is -1.40. The SMILES string of the molecule is CNCc1ccc(NC2=C(C(=O)OCCCO)C(=O)/C(=C/c3c[nH]c4ncccc34)O2)c(C)c1. The van der Waals surface area contributed by atoms with Crippen molar-refractivity contribution in [1.29, 1.82) is 0 Å². The Labute approximate surface area is 196 Å². The zero-order valence-corrected chi connectivity index (χ0v) is 19.0. The van der Waals surface area contributed by atoms with E-state index in [1.165, 1.54) is 0 Å². The number of nitrogens with one attached hydrogen (secondary N) is 3. The lowest BCUT2D eigenvalue weighted by atomic mass is 10.1. The molecule has 0 aliphatic carbocycles.